The molecule has 19 heavy (non-hydrogen) atoms. The fourth-order valence-corrected chi connectivity index (χ4v) is 1.72. The zero-order valence-electron chi connectivity index (χ0n) is 11.3. The smallest absolute Gasteiger partial charge is 0.348 e. The average Bonchev–Trinajstić information content (AvgIpc) is 2.30. The summed E-state index contributed by atoms with van der Waals surface area (Å²) in [6, 6.07) is 1.77. The summed E-state index contributed by atoms with van der Waals surface area (Å²) in [5, 5.41) is 0. The lowest BCUT2D eigenvalue weighted by atomic mass is 10.3. The molecule has 1 heterocycles. The van der Waals surface area contributed by atoms with Crippen molar-refractivity contribution >= 4 is 23.1 Å². The molecule has 1 aromatic heterocycles. The predicted octanol–water partition coefficient (Wildman–Crippen LogP) is -0.00526. The molecule has 0 aliphatic rings. The molecule has 1 amide bonds. The van der Waals surface area contributed by atoms with Crippen LogP contribution in [0, 0.1) is 13.8 Å². The highest BCUT2D eigenvalue weighted by Crippen LogP contribution is 1.98. The standard InChI is InChI=1S/C12H18N4O2S/c1-8-6-9(2)16(12(18)14-8)7-11(17)15(3)5-4-10(13)19/h6H,4-5,7H2,1-3H3,(H2,13,19). The van der Waals surface area contributed by atoms with Crippen molar-refractivity contribution in [3.63, 3.8) is 0 Å². The number of carbonyl (C=O) groups is 1. The van der Waals surface area contributed by atoms with Crippen molar-refractivity contribution in [2.45, 2.75) is 26.8 Å². The second-order valence-corrected chi connectivity index (χ2v) is 4.96. The van der Waals surface area contributed by atoms with Crippen molar-refractivity contribution in [2.75, 3.05) is 13.6 Å². The van der Waals surface area contributed by atoms with Crippen molar-refractivity contribution in [1.82, 2.24) is 14.5 Å². The molecule has 0 aliphatic heterocycles. The zero-order valence-corrected chi connectivity index (χ0v) is 12.2. The number of aromatic nitrogens is 2. The van der Waals surface area contributed by atoms with Crippen molar-refractivity contribution in [3.8, 4) is 0 Å². The van der Waals surface area contributed by atoms with Crippen LogP contribution < -0.4 is 11.4 Å². The van der Waals surface area contributed by atoms with Gasteiger partial charge in [0.1, 0.15) is 6.54 Å². The van der Waals surface area contributed by atoms with Gasteiger partial charge in [0, 0.05) is 31.4 Å². The number of nitrogens with zero attached hydrogens (tertiary/aromatic N) is 3. The summed E-state index contributed by atoms with van der Waals surface area (Å²) >= 11 is 4.76. The van der Waals surface area contributed by atoms with Crippen LogP contribution in [0.4, 0.5) is 0 Å². The minimum Gasteiger partial charge on any atom is -0.393 e. The Labute approximate surface area is 117 Å². The van der Waals surface area contributed by atoms with Gasteiger partial charge >= 0.3 is 5.69 Å². The first-order valence-electron chi connectivity index (χ1n) is 5.88. The van der Waals surface area contributed by atoms with Crippen molar-refractivity contribution in [3.05, 3.63) is 27.9 Å². The Bertz CT molecular complexity index is 553. The first kappa shape index (κ1) is 15.3. The van der Waals surface area contributed by atoms with Gasteiger partial charge in [0.05, 0.1) is 4.99 Å². The van der Waals surface area contributed by atoms with Gasteiger partial charge in [-0.3, -0.25) is 9.36 Å². The SMILES string of the molecule is Cc1cc(C)n(CC(=O)N(C)CCC(N)=S)c(=O)n1. The third-order valence-corrected chi connectivity index (χ3v) is 2.96. The van der Waals surface area contributed by atoms with Gasteiger partial charge < -0.3 is 10.6 Å². The minimum atomic E-state index is -0.409. The van der Waals surface area contributed by atoms with Crippen LogP contribution in [0.25, 0.3) is 0 Å². The van der Waals surface area contributed by atoms with Crippen LogP contribution in [0.3, 0.4) is 0 Å². The number of hydrogen-bond acceptors (Lipinski definition) is 4. The monoisotopic (exact) mass is 282 g/mol. The molecule has 0 aromatic carbocycles. The molecule has 0 saturated heterocycles. The van der Waals surface area contributed by atoms with E-state index in [0.29, 0.717) is 29.3 Å². The van der Waals surface area contributed by atoms with E-state index < -0.39 is 5.69 Å². The van der Waals surface area contributed by atoms with Crippen LogP contribution >= 0.6 is 12.2 Å². The zero-order chi connectivity index (χ0) is 14.6. The Morgan fingerprint density at radius 2 is 2.16 bits per heavy atom. The number of rotatable bonds is 5. The number of amides is 1. The average molecular weight is 282 g/mol. The van der Waals surface area contributed by atoms with Gasteiger partial charge in [0.15, 0.2) is 0 Å². The van der Waals surface area contributed by atoms with E-state index in [1.165, 1.54) is 9.47 Å². The van der Waals surface area contributed by atoms with E-state index in [2.05, 4.69) is 4.98 Å². The van der Waals surface area contributed by atoms with E-state index in [4.69, 9.17) is 18.0 Å². The molecule has 0 spiro atoms. The Morgan fingerprint density at radius 3 is 2.68 bits per heavy atom. The van der Waals surface area contributed by atoms with Crippen LogP contribution in [-0.4, -0.2) is 38.9 Å². The topological polar surface area (TPSA) is 81.2 Å². The lowest BCUT2D eigenvalue weighted by Gasteiger charge is -2.18. The van der Waals surface area contributed by atoms with Crippen molar-refractivity contribution in [1.29, 1.82) is 0 Å². The Balaban J connectivity index is 2.77. The lowest BCUT2D eigenvalue weighted by Crippen LogP contribution is -2.37. The number of likely N-dealkylation sites (N-methyl/N-ethyl adjacent to an activating group) is 1. The molecule has 1 aromatic rings. The molecule has 0 radical (unpaired) electrons. The fraction of sp³-hybridized carbons (Fsp3) is 0.500. The van der Waals surface area contributed by atoms with E-state index in [-0.39, 0.29) is 12.5 Å². The highest BCUT2D eigenvalue weighted by molar-refractivity contribution is 7.80. The molecular formula is C12H18N4O2S. The minimum absolute atomic E-state index is 0.0220. The number of aryl methyl sites for hydroxylation is 2. The van der Waals surface area contributed by atoms with Gasteiger partial charge in [-0.2, -0.15) is 4.98 Å². The molecule has 7 heteroatoms. The highest BCUT2D eigenvalue weighted by atomic mass is 32.1. The summed E-state index contributed by atoms with van der Waals surface area (Å²) in [5.74, 6) is -0.174. The largest absolute Gasteiger partial charge is 0.393 e. The van der Waals surface area contributed by atoms with Crippen molar-refractivity contribution in [2.24, 2.45) is 5.73 Å². The second-order valence-electron chi connectivity index (χ2n) is 4.44. The van der Waals surface area contributed by atoms with Gasteiger partial charge in [-0.25, -0.2) is 4.79 Å². The molecule has 6 nitrogen and oxygen atoms in total. The third-order valence-electron chi connectivity index (χ3n) is 2.76. The third kappa shape index (κ3) is 4.44. The summed E-state index contributed by atoms with van der Waals surface area (Å²) in [6.45, 7) is 3.94. The summed E-state index contributed by atoms with van der Waals surface area (Å²) < 4.78 is 1.35. The Hall–Kier alpha value is -1.76. The molecule has 0 unspecified atom stereocenters. The summed E-state index contributed by atoms with van der Waals surface area (Å²) in [4.78, 5) is 29.4. The molecule has 0 bridgehead atoms. The quantitative estimate of drug-likeness (QED) is 0.769. The summed E-state index contributed by atoms with van der Waals surface area (Å²) in [7, 11) is 1.66. The van der Waals surface area contributed by atoms with Gasteiger partial charge in [-0.15, -0.1) is 0 Å². The Morgan fingerprint density at radius 1 is 1.53 bits per heavy atom. The van der Waals surface area contributed by atoms with Gasteiger partial charge in [-0.05, 0) is 19.9 Å². The van der Waals surface area contributed by atoms with Crippen LogP contribution in [0.2, 0.25) is 0 Å². The Kier molecular flexibility index (Phi) is 5.17. The molecule has 104 valence electrons. The molecule has 1 rings (SSSR count). The first-order chi connectivity index (χ1) is 8.81. The fourth-order valence-electron chi connectivity index (χ4n) is 1.63. The van der Waals surface area contributed by atoms with E-state index in [1.807, 2.05) is 0 Å². The number of nitrogens with two attached hydrogens (primary N) is 1. The first-order valence-corrected chi connectivity index (χ1v) is 6.29. The molecule has 0 saturated carbocycles. The van der Waals surface area contributed by atoms with E-state index in [9.17, 15) is 9.59 Å². The van der Waals surface area contributed by atoms with Crippen LogP contribution in [0.1, 0.15) is 17.8 Å². The predicted molar refractivity (Wildman–Crippen MR) is 77.0 cm³/mol. The normalized spacial score (nSPS) is 10.3. The molecule has 0 aliphatic carbocycles. The lowest BCUT2D eigenvalue weighted by molar-refractivity contribution is -0.130. The maximum atomic E-state index is 12.0. The highest BCUT2D eigenvalue weighted by Gasteiger charge is 2.12. The maximum absolute atomic E-state index is 12.0. The van der Waals surface area contributed by atoms with Gasteiger partial charge in [0.25, 0.3) is 0 Å². The summed E-state index contributed by atoms with van der Waals surface area (Å²) in [5.41, 5.74) is 6.34. The van der Waals surface area contributed by atoms with Crippen LogP contribution in [0.5, 0.6) is 0 Å². The van der Waals surface area contributed by atoms with E-state index >= 15 is 0 Å². The molecule has 0 fully saturated rings. The van der Waals surface area contributed by atoms with Gasteiger partial charge in [0.2, 0.25) is 5.91 Å². The van der Waals surface area contributed by atoms with E-state index in [1.54, 1.807) is 27.0 Å². The van der Waals surface area contributed by atoms with Crippen LogP contribution in [-0.2, 0) is 11.3 Å². The summed E-state index contributed by atoms with van der Waals surface area (Å²) in [6.07, 6.45) is 0.470. The van der Waals surface area contributed by atoms with Crippen molar-refractivity contribution < 1.29 is 4.79 Å². The molecular weight excluding hydrogens is 264 g/mol. The van der Waals surface area contributed by atoms with E-state index in [0.717, 1.165) is 0 Å². The van der Waals surface area contributed by atoms with Gasteiger partial charge in [-0.1, -0.05) is 12.2 Å². The number of carbonyl (C=O) groups excluding carboxylic acids is 1. The molecule has 0 atom stereocenters. The maximum Gasteiger partial charge on any atom is 0.348 e. The molecule has 2 N–H and O–H groups in total. The number of hydrogen-bond donors (Lipinski definition) is 1. The van der Waals surface area contributed by atoms with Crippen LogP contribution in [0.15, 0.2) is 10.9 Å². The number of thiocarbonyl (C=S) groups is 1. The second kappa shape index (κ2) is 6.42.